The highest BCUT2D eigenvalue weighted by Gasteiger charge is 2.17. The van der Waals surface area contributed by atoms with Crippen LogP contribution in [0.15, 0.2) is 42.5 Å². The van der Waals surface area contributed by atoms with E-state index in [1.807, 2.05) is 32.0 Å². The second-order valence-electron chi connectivity index (χ2n) is 6.88. The summed E-state index contributed by atoms with van der Waals surface area (Å²) in [6, 6.07) is 12.5. The number of amides is 1. The number of carbonyl (C=O) groups is 1. The SMILES string of the molecule is Cc1ccc(OCCNC(=O)CCCN(c2ccc(Cl)cc2)S(C)(=O)=O)c(C)c1. The topological polar surface area (TPSA) is 75.7 Å². The van der Waals surface area contributed by atoms with Crippen LogP contribution in [0.5, 0.6) is 5.75 Å². The van der Waals surface area contributed by atoms with E-state index >= 15 is 0 Å². The number of hydrogen-bond acceptors (Lipinski definition) is 4. The Balaban J connectivity index is 1.75. The molecule has 0 unspecified atom stereocenters. The van der Waals surface area contributed by atoms with Gasteiger partial charge in [-0.25, -0.2) is 8.42 Å². The highest BCUT2D eigenvalue weighted by atomic mass is 35.5. The van der Waals surface area contributed by atoms with Crippen LogP contribution in [0, 0.1) is 13.8 Å². The lowest BCUT2D eigenvalue weighted by atomic mass is 10.1. The molecule has 0 fully saturated rings. The molecule has 0 atom stereocenters. The number of anilines is 1. The number of ether oxygens (including phenoxy) is 1. The quantitative estimate of drug-likeness (QED) is 0.574. The van der Waals surface area contributed by atoms with Crippen LogP contribution < -0.4 is 14.4 Å². The molecular weight excluding hydrogens is 412 g/mol. The van der Waals surface area contributed by atoms with Crippen molar-refractivity contribution >= 4 is 33.2 Å². The minimum Gasteiger partial charge on any atom is -0.491 e. The summed E-state index contributed by atoms with van der Waals surface area (Å²) >= 11 is 5.86. The van der Waals surface area contributed by atoms with Crippen molar-refractivity contribution in [1.82, 2.24) is 5.32 Å². The molecule has 1 N–H and O–H groups in total. The third-order valence-electron chi connectivity index (χ3n) is 4.29. The van der Waals surface area contributed by atoms with Crippen LogP contribution in [0.25, 0.3) is 0 Å². The summed E-state index contributed by atoms with van der Waals surface area (Å²) in [5.74, 6) is 0.662. The van der Waals surface area contributed by atoms with Crippen LogP contribution in [0.4, 0.5) is 5.69 Å². The Bertz CT molecular complexity index is 930. The number of hydrogen-bond donors (Lipinski definition) is 1. The minimum atomic E-state index is -3.45. The lowest BCUT2D eigenvalue weighted by Crippen LogP contribution is -2.32. The Labute approximate surface area is 177 Å². The molecule has 0 saturated carbocycles. The van der Waals surface area contributed by atoms with Gasteiger partial charge in [0.1, 0.15) is 12.4 Å². The molecule has 0 bridgehead atoms. The molecule has 0 aliphatic rings. The largest absolute Gasteiger partial charge is 0.491 e. The first kappa shape index (κ1) is 23.0. The molecular formula is C21H27ClN2O4S. The molecule has 8 heteroatoms. The van der Waals surface area contributed by atoms with Crippen molar-refractivity contribution in [3.63, 3.8) is 0 Å². The van der Waals surface area contributed by atoms with Crippen LogP contribution in [0.2, 0.25) is 5.02 Å². The number of rotatable bonds is 10. The number of aryl methyl sites for hydroxylation is 2. The number of carbonyl (C=O) groups excluding carboxylic acids is 1. The third kappa shape index (κ3) is 7.59. The molecule has 0 spiro atoms. The zero-order valence-corrected chi connectivity index (χ0v) is 18.5. The Morgan fingerprint density at radius 1 is 1.14 bits per heavy atom. The highest BCUT2D eigenvalue weighted by Crippen LogP contribution is 2.21. The number of benzene rings is 2. The first-order valence-electron chi connectivity index (χ1n) is 9.37. The molecule has 0 aliphatic heterocycles. The van der Waals surface area contributed by atoms with Gasteiger partial charge in [-0.15, -0.1) is 0 Å². The summed E-state index contributed by atoms with van der Waals surface area (Å²) < 4.78 is 31.1. The van der Waals surface area contributed by atoms with E-state index in [0.29, 0.717) is 30.3 Å². The minimum absolute atomic E-state index is 0.140. The van der Waals surface area contributed by atoms with Crippen LogP contribution in [0.1, 0.15) is 24.0 Å². The van der Waals surface area contributed by atoms with Gasteiger partial charge in [0.2, 0.25) is 15.9 Å². The summed E-state index contributed by atoms with van der Waals surface area (Å²) in [4.78, 5) is 12.0. The fraction of sp³-hybridized carbons (Fsp3) is 0.381. The van der Waals surface area contributed by atoms with E-state index in [0.717, 1.165) is 17.6 Å². The molecule has 158 valence electrons. The van der Waals surface area contributed by atoms with Crippen molar-refractivity contribution in [2.45, 2.75) is 26.7 Å². The molecule has 0 heterocycles. The van der Waals surface area contributed by atoms with Gasteiger partial charge >= 0.3 is 0 Å². The highest BCUT2D eigenvalue weighted by molar-refractivity contribution is 7.92. The van der Waals surface area contributed by atoms with Gasteiger partial charge in [-0.1, -0.05) is 29.3 Å². The zero-order chi connectivity index (χ0) is 21.4. The van der Waals surface area contributed by atoms with Crippen molar-refractivity contribution in [3.8, 4) is 5.75 Å². The molecule has 1 amide bonds. The molecule has 0 aliphatic carbocycles. The molecule has 29 heavy (non-hydrogen) atoms. The van der Waals surface area contributed by atoms with Crippen LogP contribution in [-0.4, -0.2) is 40.3 Å². The first-order valence-corrected chi connectivity index (χ1v) is 11.6. The lowest BCUT2D eigenvalue weighted by Gasteiger charge is -2.22. The standard InChI is InChI=1S/C21H27ClN2O4S/c1-16-6-11-20(17(2)15-16)28-14-12-23-21(25)5-4-13-24(29(3,26)27)19-9-7-18(22)8-10-19/h6-11,15H,4-5,12-14H2,1-3H3,(H,23,25). The lowest BCUT2D eigenvalue weighted by molar-refractivity contribution is -0.121. The first-order chi connectivity index (χ1) is 13.7. The zero-order valence-electron chi connectivity index (χ0n) is 16.9. The Kier molecular flexibility index (Phi) is 8.34. The van der Waals surface area contributed by atoms with E-state index in [4.69, 9.17) is 16.3 Å². The number of nitrogens with one attached hydrogen (secondary N) is 1. The second kappa shape index (κ2) is 10.5. The van der Waals surface area contributed by atoms with Gasteiger partial charge in [0, 0.05) is 18.0 Å². The summed E-state index contributed by atoms with van der Waals surface area (Å²) in [5, 5.41) is 3.33. The van der Waals surface area contributed by atoms with Crippen molar-refractivity contribution in [2.24, 2.45) is 0 Å². The summed E-state index contributed by atoms with van der Waals surface area (Å²) in [6.07, 6.45) is 1.77. The smallest absolute Gasteiger partial charge is 0.232 e. The van der Waals surface area contributed by atoms with E-state index in [1.165, 1.54) is 9.87 Å². The number of halogens is 1. The van der Waals surface area contributed by atoms with E-state index in [2.05, 4.69) is 5.32 Å². The Hall–Kier alpha value is -2.25. The molecule has 2 aromatic carbocycles. The van der Waals surface area contributed by atoms with Crippen LogP contribution in [0.3, 0.4) is 0 Å². The average Bonchev–Trinajstić information content (AvgIpc) is 2.64. The maximum Gasteiger partial charge on any atom is 0.232 e. The molecule has 6 nitrogen and oxygen atoms in total. The summed E-state index contributed by atoms with van der Waals surface area (Å²) in [5.41, 5.74) is 2.75. The van der Waals surface area contributed by atoms with Gasteiger partial charge in [0.25, 0.3) is 0 Å². The third-order valence-corrected chi connectivity index (χ3v) is 5.74. The normalized spacial score (nSPS) is 11.2. The number of nitrogens with zero attached hydrogens (tertiary/aromatic N) is 1. The van der Waals surface area contributed by atoms with Gasteiger partial charge in [-0.3, -0.25) is 9.10 Å². The fourth-order valence-electron chi connectivity index (χ4n) is 2.88. The van der Waals surface area contributed by atoms with Crippen LogP contribution >= 0.6 is 11.6 Å². The average molecular weight is 439 g/mol. The number of sulfonamides is 1. The summed E-state index contributed by atoms with van der Waals surface area (Å²) in [7, 11) is -3.45. The van der Waals surface area contributed by atoms with Gasteiger partial charge < -0.3 is 10.1 Å². The monoisotopic (exact) mass is 438 g/mol. The van der Waals surface area contributed by atoms with Gasteiger partial charge in [0.05, 0.1) is 18.5 Å². The predicted molar refractivity (Wildman–Crippen MR) is 117 cm³/mol. The summed E-state index contributed by atoms with van der Waals surface area (Å²) in [6.45, 7) is 4.98. The molecule has 2 rings (SSSR count). The maximum atomic E-state index is 12.1. The maximum absolute atomic E-state index is 12.1. The molecule has 0 aromatic heterocycles. The van der Waals surface area contributed by atoms with Crippen molar-refractivity contribution in [3.05, 3.63) is 58.6 Å². The van der Waals surface area contributed by atoms with Crippen LogP contribution in [-0.2, 0) is 14.8 Å². The second-order valence-corrected chi connectivity index (χ2v) is 9.23. The van der Waals surface area contributed by atoms with E-state index < -0.39 is 10.0 Å². The van der Waals surface area contributed by atoms with E-state index in [1.54, 1.807) is 24.3 Å². The van der Waals surface area contributed by atoms with E-state index in [-0.39, 0.29) is 18.9 Å². The Morgan fingerprint density at radius 3 is 2.45 bits per heavy atom. The van der Waals surface area contributed by atoms with Crippen molar-refractivity contribution in [1.29, 1.82) is 0 Å². The molecule has 0 saturated heterocycles. The predicted octanol–water partition coefficient (Wildman–Crippen LogP) is 3.70. The van der Waals surface area contributed by atoms with E-state index in [9.17, 15) is 13.2 Å². The Morgan fingerprint density at radius 2 is 1.83 bits per heavy atom. The van der Waals surface area contributed by atoms with Gasteiger partial charge in [-0.2, -0.15) is 0 Å². The van der Waals surface area contributed by atoms with Gasteiger partial charge in [0.15, 0.2) is 0 Å². The fourth-order valence-corrected chi connectivity index (χ4v) is 3.97. The van der Waals surface area contributed by atoms with Gasteiger partial charge in [-0.05, 0) is 56.2 Å². The van der Waals surface area contributed by atoms with Crippen molar-refractivity contribution < 1.29 is 17.9 Å². The van der Waals surface area contributed by atoms with Crippen molar-refractivity contribution in [2.75, 3.05) is 30.3 Å². The molecule has 0 radical (unpaired) electrons. The molecule has 2 aromatic rings.